The van der Waals surface area contributed by atoms with Crippen LogP contribution in [-0.4, -0.2) is 29.9 Å². The molecule has 0 aliphatic carbocycles. The Bertz CT molecular complexity index is 726. The first-order valence-electron chi connectivity index (χ1n) is 8.29. The molecule has 2 N–H and O–H groups in total. The summed E-state index contributed by atoms with van der Waals surface area (Å²) in [7, 11) is 0. The molecule has 1 aliphatic rings. The number of carbonyl (C=O) groups is 2. The number of hydrogen-bond acceptors (Lipinski definition) is 2. The Kier molecular flexibility index (Phi) is 5.91. The predicted octanol–water partition coefficient (Wildman–Crippen LogP) is 4.17. The molecule has 0 bridgehead atoms. The first-order chi connectivity index (χ1) is 12.1. The van der Waals surface area contributed by atoms with Crippen molar-refractivity contribution in [3.05, 3.63) is 58.2 Å². The summed E-state index contributed by atoms with van der Waals surface area (Å²) in [5, 5.41) is 5.85. The van der Waals surface area contributed by atoms with Crippen molar-refractivity contribution in [2.45, 2.75) is 12.8 Å². The van der Waals surface area contributed by atoms with Crippen LogP contribution in [0.15, 0.2) is 54.6 Å². The van der Waals surface area contributed by atoms with E-state index in [0.717, 1.165) is 14.9 Å². The molecule has 3 rings (SSSR count). The van der Waals surface area contributed by atoms with E-state index < -0.39 is 0 Å². The molecule has 1 heterocycles. The summed E-state index contributed by atoms with van der Waals surface area (Å²) in [4.78, 5) is 26.4. The molecule has 0 unspecified atom stereocenters. The number of nitrogens with one attached hydrogen (secondary N) is 2. The molecule has 0 saturated carbocycles. The minimum atomic E-state index is -0.109. The molecule has 1 saturated heterocycles. The lowest BCUT2D eigenvalue weighted by atomic mass is 9.96. The lowest BCUT2D eigenvalue weighted by Gasteiger charge is -2.31. The largest absolute Gasteiger partial charge is 0.326 e. The second-order valence-electron chi connectivity index (χ2n) is 6.05. The highest BCUT2D eigenvalue weighted by molar-refractivity contribution is 14.1. The van der Waals surface area contributed by atoms with Gasteiger partial charge in [-0.2, -0.15) is 0 Å². The second kappa shape index (κ2) is 8.33. The van der Waals surface area contributed by atoms with Gasteiger partial charge in [-0.25, -0.2) is 4.79 Å². The average Bonchev–Trinajstić information content (AvgIpc) is 2.64. The van der Waals surface area contributed by atoms with Crippen LogP contribution < -0.4 is 10.6 Å². The third kappa shape index (κ3) is 4.94. The molecule has 0 aromatic heterocycles. The molecule has 130 valence electrons. The van der Waals surface area contributed by atoms with Gasteiger partial charge in [0, 0.05) is 34.0 Å². The second-order valence-corrected chi connectivity index (χ2v) is 7.30. The third-order valence-electron chi connectivity index (χ3n) is 4.29. The predicted molar refractivity (Wildman–Crippen MR) is 108 cm³/mol. The van der Waals surface area contributed by atoms with Crippen LogP contribution in [0.2, 0.25) is 0 Å². The molecule has 3 amide bonds. The zero-order valence-electron chi connectivity index (χ0n) is 13.7. The lowest BCUT2D eigenvalue weighted by molar-refractivity contribution is -0.121. The Balaban J connectivity index is 1.48. The van der Waals surface area contributed by atoms with Gasteiger partial charge in [0.2, 0.25) is 5.91 Å². The summed E-state index contributed by atoms with van der Waals surface area (Å²) in [6.07, 6.45) is 1.36. The normalized spacial score (nSPS) is 14.8. The van der Waals surface area contributed by atoms with Crippen LogP contribution in [0.4, 0.5) is 16.2 Å². The van der Waals surface area contributed by atoms with Gasteiger partial charge in [-0.3, -0.25) is 4.79 Å². The number of likely N-dealkylation sites (tertiary alicyclic amines) is 1. The molecule has 6 heteroatoms. The van der Waals surface area contributed by atoms with E-state index in [4.69, 9.17) is 0 Å². The number of halogens is 1. The molecular formula is C19H20IN3O2. The van der Waals surface area contributed by atoms with Gasteiger partial charge < -0.3 is 15.5 Å². The molecule has 1 fully saturated rings. The van der Waals surface area contributed by atoms with Gasteiger partial charge in [0.1, 0.15) is 0 Å². The summed E-state index contributed by atoms with van der Waals surface area (Å²) in [6.45, 7) is 1.17. The molecule has 2 aromatic carbocycles. The number of anilines is 2. The highest BCUT2D eigenvalue weighted by atomic mass is 127. The minimum Gasteiger partial charge on any atom is -0.326 e. The van der Waals surface area contributed by atoms with Crippen LogP contribution in [0.3, 0.4) is 0 Å². The molecule has 2 aromatic rings. The van der Waals surface area contributed by atoms with Crippen LogP contribution in [0.1, 0.15) is 12.8 Å². The Morgan fingerprint density at radius 2 is 1.48 bits per heavy atom. The summed E-state index contributed by atoms with van der Waals surface area (Å²) >= 11 is 2.23. The fourth-order valence-electron chi connectivity index (χ4n) is 2.85. The fraction of sp³-hybridized carbons (Fsp3) is 0.263. The first-order valence-corrected chi connectivity index (χ1v) is 9.37. The third-order valence-corrected chi connectivity index (χ3v) is 5.01. The van der Waals surface area contributed by atoms with E-state index in [1.165, 1.54) is 0 Å². The molecule has 25 heavy (non-hydrogen) atoms. The van der Waals surface area contributed by atoms with Gasteiger partial charge in [-0.1, -0.05) is 18.2 Å². The Morgan fingerprint density at radius 3 is 2.12 bits per heavy atom. The molecule has 5 nitrogen and oxygen atoms in total. The number of carbonyl (C=O) groups excluding carboxylic acids is 2. The number of para-hydroxylation sites is 1. The van der Waals surface area contributed by atoms with Gasteiger partial charge in [0.05, 0.1) is 0 Å². The van der Waals surface area contributed by atoms with E-state index in [2.05, 4.69) is 33.2 Å². The van der Waals surface area contributed by atoms with E-state index >= 15 is 0 Å². The van der Waals surface area contributed by atoms with Crippen LogP contribution in [-0.2, 0) is 4.79 Å². The van der Waals surface area contributed by atoms with Gasteiger partial charge in [-0.15, -0.1) is 0 Å². The van der Waals surface area contributed by atoms with Crippen molar-refractivity contribution < 1.29 is 9.59 Å². The Hall–Kier alpha value is -2.09. The number of urea groups is 1. The number of hydrogen-bond donors (Lipinski definition) is 2. The summed E-state index contributed by atoms with van der Waals surface area (Å²) in [6, 6.07) is 17.0. The monoisotopic (exact) mass is 449 g/mol. The highest BCUT2D eigenvalue weighted by Gasteiger charge is 2.27. The number of amides is 3. The Labute approximate surface area is 160 Å². The van der Waals surface area contributed by atoms with Crippen molar-refractivity contribution in [1.29, 1.82) is 0 Å². The van der Waals surface area contributed by atoms with E-state index in [0.29, 0.717) is 25.9 Å². The zero-order chi connectivity index (χ0) is 17.6. The number of piperidine rings is 1. The summed E-state index contributed by atoms with van der Waals surface area (Å²) in [5.74, 6) is -0.0237. The standard InChI is InChI=1S/C19H20IN3O2/c20-15-6-8-17(9-7-15)21-18(24)14-10-12-23(13-11-14)19(25)22-16-4-2-1-3-5-16/h1-9,14H,10-13H2,(H,21,24)(H,22,25). The summed E-state index contributed by atoms with van der Waals surface area (Å²) < 4.78 is 1.13. The summed E-state index contributed by atoms with van der Waals surface area (Å²) in [5.41, 5.74) is 1.60. The van der Waals surface area contributed by atoms with Gasteiger partial charge in [0.15, 0.2) is 0 Å². The van der Waals surface area contributed by atoms with Crippen LogP contribution in [0.25, 0.3) is 0 Å². The molecule has 0 atom stereocenters. The maximum atomic E-state index is 12.4. The van der Waals surface area contributed by atoms with E-state index in [1.807, 2.05) is 54.6 Å². The van der Waals surface area contributed by atoms with E-state index in [9.17, 15) is 9.59 Å². The van der Waals surface area contributed by atoms with Crippen molar-refractivity contribution in [2.24, 2.45) is 5.92 Å². The number of rotatable bonds is 3. The van der Waals surface area contributed by atoms with Crippen LogP contribution in [0.5, 0.6) is 0 Å². The Morgan fingerprint density at radius 1 is 0.880 bits per heavy atom. The first kappa shape index (κ1) is 17.7. The average molecular weight is 449 g/mol. The highest BCUT2D eigenvalue weighted by Crippen LogP contribution is 2.21. The van der Waals surface area contributed by atoms with E-state index in [-0.39, 0.29) is 17.9 Å². The number of nitrogens with zero attached hydrogens (tertiary/aromatic N) is 1. The van der Waals surface area contributed by atoms with Gasteiger partial charge in [0.25, 0.3) is 0 Å². The molecule has 0 spiro atoms. The van der Waals surface area contributed by atoms with Crippen molar-refractivity contribution in [3.63, 3.8) is 0 Å². The topological polar surface area (TPSA) is 61.4 Å². The van der Waals surface area contributed by atoms with Crippen LogP contribution >= 0.6 is 22.6 Å². The van der Waals surface area contributed by atoms with Crippen molar-refractivity contribution in [2.75, 3.05) is 23.7 Å². The van der Waals surface area contributed by atoms with Crippen LogP contribution in [0, 0.1) is 9.49 Å². The lowest BCUT2D eigenvalue weighted by Crippen LogP contribution is -2.43. The van der Waals surface area contributed by atoms with Crippen molar-refractivity contribution >= 4 is 45.9 Å². The molecule has 0 radical (unpaired) electrons. The fourth-order valence-corrected chi connectivity index (χ4v) is 3.21. The van der Waals surface area contributed by atoms with Crippen molar-refractivity contribution in [1.82, 2.24) is 4.90 Å². The smallest absolute Gasteiger partial charge is 0.321 e. The zero-order valence-corrected chi connectivity index (χ0v) is 15.9. The van der Waals surface area contributed by atoms with Gasteiger partial charge >= 0.3 is 6.03 Å². The minimum absolute atomic E-state index is 0.0318. The van der Waals surface area contributed by atoms with E-state index in [1.54, 1.807) is 4.90 Å². The number of benzene rings is 2. The van der Waals surface area contributed by atoms with Crippen molar-refractivity contribution in [3.8, 4) is 0 Å². The quantitative estimate of drug-likeness (QED) is 0.692. The molecule has 1 aliphatic heterocycles. The maximum Gasteiger partial charge on any atom is 0.321 e. The molecular weight excluding hydrogens is 429 g/mol. The van der Waals surface area contributed by atoms with Gasteiger partial charge in [-0.05, 0) is 71.8 Å². The SMILES string of the molecule is O=C(Nc1ccc(I)cc1)C1CCN(C(=O)Nc2ccccc2)CC1. The maximum absolute atomic E-state index is 12.4.